The number of rotatable bonds is 3. The molecular weight excluding hydrogens is 212 g/mol. The van der Waals surface area contributed by atoms with Gasteiger partial charge in [-0.1, -0.05) is 11.6 Å². The second-order valence-electron chi connectivity index (χ2n) is 3.92. The molecule has 0 amide bonds. The van der Waals surface area contributed by atoms with E-state index in [-0.39, 0.29) is 0 Å². The van der Waals surface area contributed by atoms with Crippen molar-refractivity contribution in [1.29, 1.82) is 0 Å². The van der Waals surface area contributed by atoms with Gasteiger partial charge < -0.3 is 16.2 Å². The molecule has 0 spiro atoms. The first-order chi connectivity index (χ1) is 6.92. The summed E-state index contributed by atoms with van der Waals surface area (Å²) >= 11 is 6.05. The Balaban J connectivity index is 3.34. The van der Waals surface area contributed by atoms with Gasteiger partial charge in [0.2, 0.25) is 0 Å². The van der Waals surface area contributed by atoms with Crippen LogP contribution in [-0.2, 0) is 5.54 Å². The summed E-state index contributed by atoms with van der Waals surface area (Å²) < 4.78 is 5.28. The molecule has 0 aliphatic rings. The van der Waals surface area contributed by atoms with Gasteiger partial charge in [0.05, 0.1) is 12.6 Å². The number of halogens is 1. The molecule has 0 saturated heterocycles. The van der Waals surface area contributed by atoms with E-state index < -0.39 is 5.54 Å². The average molecular weight is 229 g/mol. The number of aryl methyl sites for hydroxylation is 1. The molecule has 0 aliphatic carbocycles. The lowest BCUT2D eigenvalue weighted by Crippen LogP contribution is -2.41. The largest absolute Gasteiger partial charge is 0.496 e. The fraction of sp³-hybridized carbons (Fsp3) is 0.455. The molecular formula is C11H17ClN2O. The van der Waals surface area contributed by atoms with Crippen molar-refractivity contribution in [2.45, 2.75) is 19.4 Å². The van der Waals surface area contributed by atoms with Crippen molar-refractivity contribution in [3.05, 3.63) is 28.3 Å². The van der Waals surface area contributed by atoms with Gasteiger partial charge in [-0.2, -0.15) is 0 Å². The molecule has 0 aliphatic heterocycles. The number of hydrogen-bond donors (Lipinski definition) is 2. The van der Waals surface area contributed by atoms with Gasteiger partial charge in [0.1, 0.15) is 5.75 Å². The van der Waals surface area contributed by atoms with Crippen molar-refractivity contribution in [2.75, 3.05) is 13.7 Å². The van der Waals surface area contributed by atoms with Gasteiger partial charge in [0.15, 0.2) is 0 Å². The molecule has 4 N–H and O–H groups in total. The van der Waals surface area contributed by atoms with Crippen molar-refractivity contribution in [2.24, 2.45) is 11.5 Å². The molecule has 1 rings (SSSR count). The van der Waals surface area contributed by atoms with Crippen LogP contribution in [0.25, 0.3) is 0 Å². The third-order valence-electron chi connectivity index (χ3n) is 2.52. The average Bonchev–Trinajstić information content (AvgIpc) is 2.21. The first-order valence-electron chi connectivity index (χ1n) is 4.76. The molecule has 0 bridgehead atoms. The number of hydrogen-bond acceptors (Lipinski definition) is 3. The highest BCUT2D eigenvalue weighted by molar-refractivity contribution is 6.31. The van der Waals surface area contributed by atoms with Crippen LogP contribution in [0.3, 0.4) is 0 Å². The molecule has 0 aromatic heterocycles. The Morgan fingerprint density at radius 2 is 2.07 bits per heavy atom. The normalized spacial score (nSPS) is 14.8. The van der Waals surface area contributed by atoms with Crippen molar-refractivity contribution >= 4 is 11.6 Å². The van der Waals surface area contributed by atoms with Crippen molar-refractivity contribution < 1.29 is 4.74 Å². The maximum absolute atomic E-state index is 6.07. The predicted molar refractivity (Wildman–Crippen MR) is 63.3 cm³/mol. The highest BCUT2D eigenvalue weighted by atomic mass is 35.5. The van der Waals surface area contributed by atoms with Crippen LogP contribution < -0.4 is 16.2 Å². The fourth-order valence-corrected chi connectivity index (χ4v) is 1.54. The summed E-state index contributed by atoms with van der Waals surface area (Å²) in [6, 6.07) is 3.70. The van der Waals surface area contributed by atoms with Crippen LogP contribution in [0.5, 0.6) is 5.75 Å². The second-order valence-corrected chi connectivity index (χ2v) is 4.33. The van der Waals surface area contributed by atoms with E-state index in [1.807, 2.05) is 26.0 Å². The van der Waals surface area contributed by atoms with Crippen LogP contribution >= 0.6 is 11.6 Å². The molecule has 3 nitrogen and oxygen atoms in total. The first-order valence-corrected chi connectivity index (χ1v) is 5.13. The van der Waals surface area contributed by atoms with Crippen LogP contribution in [0.4, 0.5) is 0 Å². The van der Waals surface area contributed by atoms with Crippen LogP contribution in [0.15, 0.2) is 12.1 Å². The van der Waals surface area contributed by atoms with Gasteiger partial charge in [0.25, 0.3) is 0 Å². The van der Waals surface area contributed by atoms with E-state index in [0.717, 1.165) is 16.9 Å². The Bertz CT molecular complexity index is 364. The zero-order valence-corrected chi connectivity index (χ0v) is 10.1. The van der Waals surface area contributed by atoms with E-state index in [4.69, 9.17) is 27.8 Å². The Kier molecular flexibility index (Phi) is 3.60. The highest BCUT2D eigenvalue weighted by Crippen LogP contribution is 2.32. The van der Waals surface area contributed by atoms with Crippen LogP contribution in [0.1, 0.15) is 18.1 Å². The molecule has 4 heteroatoms. The van der Waals surface area contributed by atoms with E-state index >= 15 is 0 Å². The molecule has 15 heavy (non-hydrogen) atoms. The van der Waals surface area contributed by atoms with Crippen molar-refractivity contribution in [1.82, 2.24) is 0 Å². The van der Waals surface area contributed by atoms with Gasteiger partial charge in [0, 0.05) is 17.1 Å². The van der Waals surface area contributed by atoms with E-state index in [1.165, 1.54) is 0 Å². The predicted octanol–water partition coefficient (Wildman–Crippen LogP) is 1.79. The summed E-state index contributed by atoms with van der Waals surface area (Å²) in [7, 11) is 1.61. The zero-order chi connectivity index (χ0) is 11.6. The minimum atomic E-state index is -0.622. The maximum Gasteiger partial charge on any atom is 0.124 e. The summed E-state index contributed by atoms with van der Waals surface area (Å²) in [6.07, 6.45) is 0. The SMILES string of the molecule is COc1cc(C)c(Cl)cc1C(C)(N)CN. The summed E-state index contributed by atoms with van der Waals surface area (Å²) in [5.74, 6) is 0.729. The summed E-state index contributed by atoms with van der Waals surface area (Å²) in [4.78, 5) is 0. The number of ether oxygens (including phenoxy) is 1. The van der Waals surface area contributed by atoms with Crippen LogP contribution in [0, 0.1) is 6.92 Å². The molecule has 1 aromatic carbocycles. The standard InChI is InChI=1S/C11H17ClN2O/c1-7-4-10(15-3)8(5-9(7)12)11(2,14)6-13/h4-5H,6,13-14H2,1-3H3. The molecule has 0 saturated carbocycles. The molecule has 84 valence electrons. The summed E-state index contributed by atoms with van der Waals surface area (Å²) in [5, 5.41) is 0.677. The van der Waals surface area contributed by atoms with Crippen molar-refractivity contribution in [3.63, 3.8) is 0 Å². The molecule has 1 atom stereocenters. The topological polar surface area (TPSA) is 61.3 Å². The molecule has 0 fully saturated rings. The van der Waals surface area contributed by atoms with E-state index in [1.54, 1.807) is 7.11 Å². The van der Waals surface area contributed by atoms with Gasteiger partial charge in [-0.25, -0.2) is 0 Å². The van der Waals surface area contributed by atoms with Gasteiger partial charge in [-0.15, -0.1) is 0 Å². The fourth-order valence-electron chi connectivity index (χ4n) is 1.38. The van der Waals surface area contributed by atoms with E-state index in [0.29, 0.717) is 11.6 Å². The molecule has 1 unspecified atom stereocenters. The minimum Gasteiger partial charge on any atom is -0.496 e. The Morgan fingerprint density at radius 3 is 2.53 bits per heavy atom. The minimum absolute atomic E-state index is 0.336. The third-order valence-corrected chi connectivity index (χ3v) is 2.93. The Hall–Kier alpha value is -0.770. The maximum atomic E-state index is 6.07. The quantitative estimate of drug-likeness (QED) is 0.829. The van der Waals surface area contributed by atoms with Crippen molar-refractivity contribution in [3.8, 4) is 5.75 Å². The first kappa shape index (κ1) is 12.3. The van der Waals surface area contributed by atoms with Gasteiger partial charge >= 0.3 is 0 Å². The lowest BCUT2D eigenvalue weighted by molar-refractivity contribution is 0.389. The number of methoxy groups -OCH3 is 1. The zero-order valence-electron chi connectivity index (χ0n) is 9.30. The lowest BCUT2D eigenvalue weighted by atomic mass is 9.91. The molecule has 1 aromatic rings. The monoisotopic (exact) mass is 228 g/mol. The highest BCUT2D eigenvalue weighted by Gasteiger charge is 2.24. The summed E-state index contributed by atoms with van der Waals surface area (Å²) in [6.45, 7) is 4.12. The smallest absolute Gasteiger partial charge is 0.124 e. The van der Waals surface area contributed by atoms with Gasteiger partial charge in [-0.3, -0.25) is 0 Å². The Labute approximate surface area is 95.4 Å². The summed E-state index contributed by atoms with van der Waals surface area (Å²) in [5.41, 5.74) is 12.9. The number of benzene rings is 1. The number of nitrogens with two attached hydrogens (primary N) is 2. The third kappa shape index (κ3) is 2.43. The van der Waals surface area contributed by atoms with Crippen LogP contribution in [0.2, 0.25) is 5.02 Å². The Morgan fingerprint density at radius 1 is 1.47 bits per heavy atom. The molecule has 0 radical (unpaired) electrons. The lowest BCUT2D eigenvalue weighted by Gasteiger charge is -2.26. The van der Waals surface area contributed by atoms with E-state index in [2.05, 4.69) is 0 Å². The van der Waals surface area contributed by atoms with Gasteiger partial charge in [-0.05, 0) is 31.5 Å². The van der Waals surface area contributed by atoms with E-state index in [9.17, 15) is 0 Å². The molecule has 0 heterocycles. The van der Waals surface area contributed by atoms with Crippen LogP contribution in [-0.4, -0.2) is 13.7 Å². The second kappa shape index (κ2) is 4.39.